The van der Waals surface area contributed by atoms with Gasteiger partial charge in [-0.15, -0.1) is 0 Å². The number of hydrogen-bond acceptors (Lipinski definition) is 3. The largest absolute Gasteiger partial charge is 0.492 e. The number of nitrogens with zero attached hydrogens (tertiary/aromatic N) is 1. The molecule has 0 saturated heterocycles. The van der Waals surface area contributed by atoms with Crippen LogP contribution in [0.5, 0.6) is 5.75 Å². The van der Waals surface area contributed by atoms with Crippen LogP contribution in [0.2, 0.25) is 0 Å². The van der Waals surface area contributed by atoms with E-state index in [9.17, 15) is 9.90 Å². The van der Waals surface area contributed by atoms with E-state index in [0.29, 0.717) is 19.6 Å². The Kier molecular flexibility index (Phi) is 6.19. The fourth-order valence-corrected chi connectivity index (χ4v) is 2.19. The molecule has 0 fully saturated rings. The highest BCUT2D eigenvalue weighted by atomic mass is 16.5. The van der Waals surface area contributed by atoms with E-state index >= 15 is 0 Å². The van der Waals surface area contributed by atoms with Crippen molar-refractivity contribution in [3.05, 3.63) is 24.3 Å². The number of carboxylic acid groups (broad SMARTS) is 1. The molecule has 0 aliphatic rings. The Morgan fingerprint density at radius 3 is 2.53 bits per heavy atom. The van der Waals surface area contributed by atoms with Crippen LogP contribution in [0, 0.1) is 0 Å². The quantitative estimate of drug-likeness (QED) is 0.784. The second kappa shape index (κ2) is 7.67. The Bertz CT molecular complexity index is 406. The summed E-state index contributed by atoms with van der Waals surface area (Å²) in [6.07, 6.45) is 1.46. The third kappa shape index (κ3) is 3.88. The maximum atomic E-state index is 11.4. The van der Waals surface area contributed by atoms with Gasteiger partial charge in [0.2, 0.25) is 0 Å². The summed E-state index contributed by atoms with van der Waals surface area (Å²) in [5, 5.41) is 9.37. The number of para-hydroxylation sites is 2. The second-order valence-electron chi connectivity index (χ2n) is 4.36. The van der Waals surface area contributed by atoms with E-state index in [1.807, 2.05) is 49.9 Å². The van der Waals surface area contributed by atoms with E-state index in [1.54, 1.807) is 0 Å². The van der Waals surface area contributed by atoms with Crippen molar-refractivity contribution in [3.8, 4) is 5.75 Å². The molecule has 19 heavy (non-hydrogen) atoms. The zero-order valence-electron chi connectivity index (χ0n) is 11.9. The summed E-state index contributed by atoms with van der Waals surface area (Å²) in [5.41, 5.74) is 0.862. The molecule has 0 radical (unpaired) electrons. The molecule has 0 aliphatic carbocycles. The van der Waals surface area contributed by atoms with Crippen molar-refractivity contribution in [2.24, 2.45) is 0 Å². The molecule has 0 heterocycles. The van der Waals surface area contributed by atoms with Crippen molar-refractivity contribution in [3.63, 3.8) is 0 Å². The van der Waals surface area contributed by atoms with E-state index in [2.05, 4.69) is 0 Å². The predicted octanol–water partition coefficient (Wildman–Crippen LogP) is 3.16. The van der Waals surface area contributed by atoms with Crippen LogP contribution < -0.4 is 9.64 Å². The molecule has 4 heteroatoms. The van der Waals surface area contributed by atoms with Gasteiger partial charge in [-0.25, -0.2) is 4.79 Å². The molecule has 0 aliphatic heterocycles. The molecule has 1 N–H and O–H groups in total. The van der Waals surface area contributed by atoms with Gasteiger partial charge < -0.3 is 14.7 Å². The molecule has 1 aromatic carbocycles. The molecular weight excluding hydrogens is 242 g/mol. The number of carbonyl (C=O) groups is 1. The first-order valence-corrected chi connectivity index (χ1v) is 6.86. The van der Waals surface area contributed by atoms with Crippen molar-refractivity contribution in [2.75, 3.05) is 18.1 Å². The van der Waals surface area contributed by atoms with E-state index < -0.39 is 12.0 Å². The first kappa shape index (κ1) is 15.3. The third-order valence-electron chi connectivity index (χ3n) is 2.99. The number of ether oxygens (including phenoxy) is 1. The highest BCUT2D eigenvalue weighted by molar-refractivity contribution is 5.79. The summed E-state index contributed by atoms with van der Waals surface area (Å²) in [7, 11) is 0. The third-order valence-corrected chi connectivity index (χ3v) is 2.99. The SMILES string of the molecule is CCCN(c1ccccc1OCC)C(CC)C(=O)O. The minimum absolute atomic E-state index is 0.512. The Hall–Kier alpha value is -1.71. The topological polar surface area (TPSA) is 49.8 Å². The van der Waals surface area contributed by atoms with E-state index in [-0.39, 0.29) is 0 Å². The lowest BCUT2D eigenvalue weighted by Gasteiger charge is -2.31. The van der Waals surface area contributed by atoms with Gasteiger partial charge in [-0.3, -0.25) is 0 Å². The number of carboxylic acids is 1. The molecule has 1 atom stereocenters. The number of aliphatic carboxylic acids is 1. The second-order valence-corrected chi connectivity index (χ2v) is 4.36. The van der Waals surface area contributed by atoms with Crippen LogP contribution in [0.1, 0.15) is 33.6 Å². The maximum Gasteiger partial charge on any atom is 0.326 e. The molecule has 1 rings (SSSR count). The standard InChI is InChI=1S/C15H23NO3/c1-4-11-16(12(5-2)15(17)18)13-9-7-8-10-14(13)19-6-3/h7-10,12H,4-6,11H2,1-3H3,(H,17,18). The fourth-order valence-electron chi connectivity index (χ4n) is 2.19. The number of rotatable bonds is 8. The van der Waals surface area contributed by atoms with Gasteiger partial charge in [-0.2, -0.15) is 0 Å². The molecule has 106 valence electrons. The first-order valence-electron chi connectivity index (χ1n) is 6.86. The highest BCUT2D eigenvalue weighted by Gasteiger charge is 2.25. The fraction of sp³-hybridized carbons (Fsp3) is 0.533. The summed E-state index contributed by atoms with van der Waals surface area (Å²) in [4.78, 5) is 13.3. The van der Waals surface area contributed by atoms with Gasteiger partial charge in [0.15, 0.2) is 0 Å². The van der Waals surface area contributed by atoms with Gasteiger partial charge in [0.1, 0.15) is 11.8 Å². The van der Waals surface area contributed by atoms with Gasteiger partial charge in [0.05, 0.1) is 12.3 Å². The molecule has 0 aromatic heterocycles. The summed E-state index contributed by atoms with van der Waals surface area (Å²) in [5.74, 6) is -0.0413. The Labute approximate surface area is 115 Å². The Morgan fingerprint density at radius 2 is 2.00 bits per heavy atom. The number of benzene rings is 1. The summed E-state index contributed by atoms with van der Waals surface area (Å²) >= 11 is 0. The van der Waals surface area contributed by atoms with Crippen molar-refractivity contribution >= 4 is 11.7 Å². The van der Waals surface area contributed by atoms with Crippen molar-refractivity contribution < 1.29 is 14.6 Å². The van der Waals surface area contributed by atoms with Crippen LogP contribution in [-0.4, -0.2) is 30.3 Å². The molecular formula is C15H23NO3. The summed E-state index contributed by atoms with van der Waals surface area (Å²) < 4.78 is 5.60. The van der Waals surface area contributed by atoms with Crippen LogP contribution in [-0.2, 0) is 4.79 Å². The highest BCUT2D eigenvalue weighted by Crippen LogP contribution is 2.30. The van der Waals surface area contributed by atoms with Crippen molar-refractivity contribution in [1.29, 1.82) is 0 Å². The van der Waals surface area contributed by atoms with Crippen molar-refractivity contribution in [2.45, 2.75) is 39.7 Å². The van der Waals surface area contributed by atoms with Crippen LogP contribution in [0.25, 0.3) is 0 Å². The van der Waals surface area contributed by atoms with Crippen molar-refractivity contribution in [1.82, 2.24) is 0 Å². The molecule has 0 bridgehead atoms. The monoisotopic (exact) mass is 265 g/mol. The predicted molar refractivity (Wildman–Crippen MR) is 77.0 cm³/mol. The lowest BCUT2D eigenvalue weighted by Crippen LogP contribution is -2.41. The zero-order chi connectivity index (χ0) is 14.3. The Balaban J connectivity index is 3.13. The first-order chi connectivity index (χ1) is 9.15. The molecule has 4 nitrogen and oxygen atoms in total. The van der Waals surface area contributed by atoms with Crippen LogP contribution in [0.3, 0.4) is 0 Å². The molecule has 0 saturated carbocycles. The summed E-state index contributed by atoms with van der Waals surface area (Å²) in [6, 6.07) is 7.11. The Morgan fingerprint density at radius 1 is 1.32 bits per heavy atom. The van der Waals surface area contributed by atoms with E-state index in [1.165, 1.54) is 0 Å². The normalized spacial score (nSPS) is 11.9. The van der Waals surface area contributed by atoms with Crippen LogP contribution in [0.4, 0.5) is 5.69 Å². The zero-order valence-corrected chi connectivity index (χ0v) is 11.9. The van der Waals surface area contributed by atoms with Crippen LogP contribution in [0.15, 0.2) is 24.3 Å². The van der Waals surface area contributed by atoms with Gasteiger partial charge in [0, 0.05) is 6.54 Å². The maximum absolute atomic E-state index is 11.4. The lowest BCUT2D eigenvalue weighted by molar-refractivity contribution is -0.138. The molecule has 1 aromatic rings. The van der Waals surface area contributed by atoms with Gasteiger partial charge in [-0.05, 0) is 31.9 Å². The lowest BCUT2D eigenvalue weighted by atomic mass is 10.1. The van der Waals surface area contributed by atoms with Gasteiger partial charge in [-0.1, -0.05) is 26.0 Å². The molecule has 0 spiro atoms. The minimum Gasteiger partial charge on any atom is -0.492 e. The van der Waals surface area contributed by atoms with E-state index in [4.69, 9.17) is 4.74 Å². The van der Waals surface area contributed by atoms with E-state index in [0.717, 1.165) is 17.9 Å². The smallest absolute Gasteiger partial charge is 0.326 e. The molecule has 0 amide bonds. The minimum atomic E-state index is -0.790. The van der Waals surface area contributed by atoms with Gasteiger partial charge in [0.25, 0.3) is 0 Å². The summed E-state index contributed by atoms with van der Waals surface area (Å²) in [6.45, 7) is 7.14. The average Bonchev–Trinajstić information content (AvgIpc) is 2.39. The number of hydrogen-bond donors (Lipinski definition) is 1. The van der Waals surface area contributed by atoms with Gasteiger partial charge >= 0.3 is 5.97 Å². The molecule has 1 unspecified atom stereocenters. The average molecular weight is 265 g/mol. The van der Waals surface area contributed by atoms with Crippen LogP contribution >= 0.6 is 0 Å². The number of anilines is 1.